The molecule has 0 aliphatic carbocycles. The summed E-state index contributed by atoms with van der Waals surface area (Å²) in [5, 5.41) is 13.5. The molecule has 0 aliphatic rings. The van der Waals surface area contributed by atoms with Gasteiger partial charge >= 0.3 is 5.97 Å². The quantitative estimate of drug-likeness (QED) is 0.815. The van der Waals surface area contributed by atoms with E-state index in [0.717, 1.165) is 29.7 Å². The molecule has 2 aromatic rings. The van der Waals surface area contributed by atoms with E-state index < -0.39 is 5.97 Å². The van der Waals surface area contributed by atoms with E-state index in [1.807, 2.05) is 23.0 Å². The average molecular weight is 272 g/mol. The van der Waals surface area contributed by atoms with Crippen LogP contribution in [0.15, 0.2) is 30.6 Å². The highest BCUT2D eigenvalue weighted by molar-refractivity contribution is 5.91. The van der Waals surface area contributed by atoms with E-state index in [9.17, 15) is 4.79 Å². The summed E-state index contributed by atoms with van der Waals surface area (Å²) in [6, 6.07) is 5.49. The van der Waals surface area contributed by atoms with E-state index in [1.165, 1.54) is 12.8 Å². The van der Waals surface area contributed by atoms with Crippen molar-refractivity contribution in [3.63, 3.8) is 0 Å². The summed E-state index contributed by atoms with van der Waals surface area (Å²) in [7, 11) is 0. The van der Waals surface area contributed by atoms with Gasteiger partial charge < -0.3 is 5.11 Å². The second kappa shape index (κ2) is 6.37. The van der Waals surface area contributed by atoms with Gasteiger partial charge in [-0.1, -0.05) is 31.9 Å². The van der Waals surface area contributed by atoms with Gasteiger partial charge in [-0.15, -0.1) is 0 Å². The zero-order valence-electron chi connectivity index (χ0n) is 12.0. The molecule has 4 nitrogen and oxygen atoms in total. The van der Waals surface area contributed by atoms with Crippen LogP contribution in [0.3, 0.4) is 0 Å². The summed E-state index contributed by atoms with van der Waals surface area (Å²) >= 11 is 0. The summed E-state index contributed by atoms with van der Waals surface area (Å²) in [6.07, 6.45) is 7.27. The smallest absolute Gasteiger partial charge is 0.335 e. The van der Waals surface area contributed by atoms with Gasteiger partial charge in [0, 0.05) is 18.3 Å². The van der Waals surface area contributed by atoms with Crippen molar-refractivity contribution in [3.8, 4) is 11.1 Å². The molecule has 0 atom stereocenters. The van der Waals surface area contributed by atoms with Crippen LogP contribution in [0, 0.1) is 6.92 Å². The Kier molecular flexibility index (Phi) is 4.56. The Hall–Kier alpha value is -2.10. The number of unbranched alkanes of at least 4 members (excludes halogenated alkanes) is 2. The first-order valence-corrected chi connectivity index (χ1v) is 6.98. The Labute approximate surface area is 119 Å². The molecule has 0 saturated heterocycles. The van der Waals surface area contributed by atoms with Gasteiger partial charge in [-0.3, -0.25) is 4.68 Å². The second-order valence-electron chi connectivity index (χ2n) is 5.03. The van der Waals surface area contributed by atoms with Crippen LogP contribution in [0.2, 0.25) is 0 Å². The molecule has 1 heterocycles. The van der Waals surface area contributed by atoms with Crippen molar-refractivity contribution in [1.29, 1.82) is 0 Å². The van der Waals surface area contributed by atoms with E-state index in [1.54, 1.807) is 19.2 Å². The Morgan fingerprint density at radius 3 is 2.80 bits per heavy atom. The highest BCUT2D eigenvalue weighted by atomic mass is 16.4. The zero-order valence-corrected chi connectivity index (χ0v) is 12.0. The molecule has 0 aliphatic heterocycles. The van der Waals surface area contributed by atoms with Crippen LogP contribution in [-0.2, 0) is 6.54 Å². The number of aryl methyl sites for hydroxylation is 2. The normalized spacial score (nSPS) is 10.7. The van der Waals surface area contributed by atoms with Crippen LogP contribution < -0.4 is 0 Å². The predicted octanol–water partition coefficient (Wildman–Crippen LogP) is 3.75. The summed E-state index contributed by atoms with van der Waals surface area (Å²) < 4.78 is 1.92. The van der Waals surface area contributed by atoms with E-state index in [4.69, 9.17) is 5.11 Å². The second-order valence-corrected chi connectivity index (χ2v) is 5.03. The van der Waals surface area contributed by atoms with Crippen LogP contribution >= 0.6 is 0 Å². The van der Waals surface area contributed by atoms with Gasteiger partial charge in [0.05, 0.1) is 11.8 Å². The van der Waals surface area contributed by atoms with Crippen molar-refractivity contribution in [2.45, 2.75) is 39.7 Å². The minimum Gasteiger partial charge on any atom is -0.478 e. The van der Waals surface area contributed by atoms with Gasteiger partial charge in [0.2, 0.25) is 0 Å². The van der Waals surface area contributed by atoms with Crippen molar-refractivity contribution in [2.24, 2.45) is 0 Å². The van der Waals surface area contributed by atoms with Crippen molar-refractivity contribution >= 4 is 5.97 Å². The molecule has 4 heteroatoms. The lowest BCUT2D eigenvalue weighted by Crippen LogP contribution is -1.99. The number of carboxylic acid groups (broad SMARTS) is 1. The van der Waals surface area contributed by atoms with Crippen molar-refractivity contribution < 1.29 is 9.90 Å². The maximum atomic E-state index is 11.2. The van der Waals surface area contributed by atoms with Gasteiger partial charge in [0.1, 0.15) is 0 Å². The fourth-order valence-corrected chi connectivity index (χ4v) is 2.19. The Bertz CT molecular complexity index is 602. The summed E-state index contributed by atoms with van der Waals surface area (Å²) in [6.45, 7) is 4.89. The molecule has 0 amide bonds. The number of hydrogen-bond donors (Lipinski definition) is 1. The Morgan fingerprint density at radius 2 is 2.10 bits per heavy atom. The van der Waals surface area contributed by atoms with Crippen LogP contribution in [-0.4, -0.2) is 20.9 Å². The third kappa shape index (κ3) is 3.26. The molecule has 0 spiro atoms. The average Bonchev–Trinajstić information content (AvgIpc) is 2.88. The number of carboxylic acids is 1. The molecule has 1 aromatic carbocycles. The fourth-order valence-electron chi connectivity index (χ4n) is 2.19. The summed E-state index contributed by atoms with van der Waals surface area (Å²) in [5.74, 6) is -0.889. The van der Waals surface area contributed by atoms with Crippen LogP contribution in [0.5, 0.6) is 0 Å². The third-order valence-electron chi connectivity index (χ3n) is 3.43. The lowest BCUT2D eigenvalue weighted by Gasteiger charge is -2.03. The molecule has 106 valence electrons. The molecule has 0 fully saturated rings. The molecule has 0 bridgehead atoms. The first-order chi connectivity index (χ1) is 9.61. The molecule has 0 radical (unpaired) electrons. The van der Waals surface area contributed by atoms with Crippen molar-refractivity contribution in [3.05, 3.63) is 41.7 Å². The number of hydrogen-bond acceptors (Lipinski definition) is 2. The molecule has 0 unspecified atom stereocenters. The Morgan fingerprint density at radius 1 is 1.30 bits per heavy atom. The monoisotopic (exact) mass is 272 g/mol. The minimum atomic E-state index is -0.889. The van der Waals surface area contributed by atoms with Crippen molar-refractivity contribution in [2.75, 3.05) is 0 Å². The molecule has 0 saturated carbocycles. The number of nitrogens with zero attached hydrogens (tertiary/aromatic N) is 2. The van der Waals surface area contributed by atoms with E-state index in [0.29, 0.717) is 5.56 Å². The number of benzene rings is 1. The van der Waals surface area contributed by atoms with Crippen LogP contribution in [0.25, 0.3) is 11.1 Å². The first-order valence-electron chi connectivity index (χ1n) is 6.98. The van der Waals surface area contributed by atoms with Crippen molar-refractivity contribution in [1.82, 2.24) is 9.78 Å². The van der Waals surface area contributed by atoms with Gasteiger partial charge in [0.15, 0.2) is 0 Å². The maximum absolute atomic E-state index is 11.2. The third-order valence-corrected chi connectivity index (χ3v) is 3.43. The lowest BCUT2D eigenvalue weighted by atomic mass is 10.0. The fraction of sp³-hybridized carbons (Fsp3) is 0.375. The minimum absolute atomic E-state index is 0.348. The Balaban J connectivity index is 2.19. The topological polar surface area (TPSA) is 55.1 Å². The standard InChI is InChI=1S/C16H20N2O2/c1-3-4-5-8-18-11-14(10-17-18)13-7-6-12(2)15(9-13)16(19)20/h6-7,9-11H,3-5,8H2,1-2H3,(H,19,20). The number of rotatable bonds is 6. The van der Waals surface area contributed by atoms with Crippen LogP contribution in [0.1, 0.15) is 42.1 Å². The van der Waals surface area contributed by atoms with E-state index >= 15 is 0 Å². The highest BCUT2D eigenvalue weighted by Crippen LogP contribution is 2.22. The van der Waals surface area contributed by atoms with Gasteiger partial charge in [-0.2, -0.15) is 5.10 Å². The highest BCUT2D eigenvalue weighted by Gasteiger charge is 2.09. The molecule has 20 heavy (non-hydrogen) atoms. The summed E-state index contributed by atoms with van der Waals surface area (Å²) in [4.78, 5) is 11.2. The molecule has 1 N–H and O–H groups in total. The van der Waals surface area contributed by atoms with Gasteiger partial charge in [-0.25, -0.2) is 4.79 Å². The lowest BCUT2D eigenvalue weighted by molar-refractivity contribution is 0.0696. The largest absolute Gasteiger partial charge is 0.478 e. The SMILES string of the molecule is CCCCCn1cc(-c2ccc(C)c(C(=O)O)c2)cn1. The summed E-state index contributed by atoms with van der Waals surface area (Å²) in [5.41, 5.74) is 2.98. The first kappa shape index (κ1) is 14.3. The number of carbonyl (C=O) groups is 1. The van der Waals surface area contributed by atoms with Gasteiger partial charge in [0.25, 0.3) is 0 Å². The molecular weight excluding hydrogens is 252 g/mol. The maximum Gasteiger partial charge on any atom is 0.335 e. The van der Waals surface area contributed by atoms with E-state index in [2.05, 4.69) is 12.0 Å². The van der Waals surface area contributed by atoms with Crippen LogP contribution in [0.4, 0.5) is 0 Å². The molecule has 2 rings (SSSR count). The molecular formula is C16H20N2O2. The molecule has 1 aromatic heterocycles. The van der Waals surface area contributed by atoms with E-state index in [-0.39, 0.29) is 0 Å². The predicted molar refractivity (Wildman–Crippen MR) is 78.9 cm³/mol. The number of aromatic carboxylic acids is 1. The zero-order chi connectivity index (χ0) is 14.5. The number of aromatic nitrogens is 2. The van der Waals surface area contributed by atoms with Gasteiger partial charge in [-0.05, 0) is 30.5 Å².